The van der Waals surface area contributed by atoms with Crippen molar-refractivity contribution in [2.75, 3.05) is 13.7 Å². The Labute approximate surface area is 90.7 Å². The molecule has 15 heavy (non-hydrogen) atoms. The molecule has 1 rings (SSSR count). The molecule has 0 unspecified atom stereocenters. The summed E-state index contributed by atoms with van der Waals surface area (Å²) < 4.78 is 4.90. The Balaban J connectivity index is 2.62. The van der Waals surface area contributed by atoms with Gasteiger partial charge < -0.3 is 9.64 Å². The molecule has 3 heteroatoms. The zero-order chi connectivity index (χ0) is 11.3. The van der Waals surface area contributed by atoms with E-state index >= 15 is 0 Å². The molecule has 0 N–H and O–H groups in total. The summed E-state index contributed by atoms with van der Waals surface area (Å²) in [4.78, 5) is 12.9. The topological polar surface area (TPSA) is 29.5 Å². The number of benzene rings is 1. The molecule has 0 saturated heterocycles. The minimum Gasteiger partial charge on any atom is -0.450 e. The summed E-state index contributed by atoms with van der Waals surface area (Å²) >= 11 is 0. The molecule has 0 bridgehead atoms. The highest BCUT2D eigenvalue weighted by atomic mass is 16.5. The van der Waals surface area contributed by atoms with Crippen LogP contribution in [-0.4, -0.2) is 24.6 Å². The molecule has 0 saturated carbocycles. The SMILES string of the molecule is CCOC(=O)N(C)Cc1ccccc1C. The van der Waals surface area contributed by atoms with Crippen molar-refractivity contribution in [1.82, 2.24) is 4.90 Å². The molecule has 1 amide bonds. The smallest absolute Gasteiger partial charge is 0.409 e. The van der Waals surface area contributed by atoms with Crippen LogP contribution in [0.2, 0.25) is 0 Å². The monoisotopic (exact) mass is 207 g/mol. The van der Waals surface area contributed by atoms with Gasteiger partial charge in [0.1, 0.15) is 0 Å². The largest absolute Gasteiger partial charge is 0.450 e. The highest BCUT2D eigenvalue weighted by Gasteiger charge is 2.10. The van der Waals surface area contributed by atoms with Gasteiger partial charge in [-0.3, -0.25) is 0 Å². The first kappa shape index (κ1) is 11.6. The molecule has 0 aliphatic carbocycles. The fourth-order valence-electron chi connectivity index (χ4n) is 1.34. The molecule has 0 aromatic heterocycles. The summed E-state index contributed by atoms with van der Waals surface area (Å²) in [5, 5.41) is 0. The maximum absolute atomic E-state index is 11.4. The number of nitrogens with zero attached hydrogens (tertiary/aromatic N) is 1. The van der Waals surface area contributed by atoms with Crippen molar-refractivity contribution in [3.05, 3.63) is 35.4 Å². The fraction of sp³-hybridized carbons (Fsp3) is 0.417. The summed E-state index contributed by atoms with van der Waals surface area (Å²) in [6.07, 6.45) is -0.277. The fourth-order valence-corrected chi connectivity index (χ4v) is 1.34. The highest BCUT2D eigenvalue weighted by molar-refractivity contribution is 5.67. The van der Waals surface area contributed by atoms with Gasteiger partial charge in [0, 0.05) is 13.6 Å². The van der Waals surface area contributed by atoms with E-state index in [2.05, 4.69) is 0 Å². The predicted molar refractivity (Wildman–Crippen MR) is 59.7 cm³/mol. The van der Waals surface area contributed by atoms with Gasteiger partial charge in [0.25, 0.3) is 0 Å². The molecule has 0 aliphatic heterocycles. The number of carbonyl (C=O) groups excluding carboxylic acids is 1. The van der Waals surface area contributed by atoms with E-state index in [0.717, 1.165) is 5.56 Å². The number of amides is 1. The van der Waals surface area contributed by atoms with E-state index in [1.165, 1.54) is 5.56 Å². The van der Waals surface area contributed by atoms with Gasteiger partial charge in [-0.15, -0.1) is 0 Å². The van der Waals surface area contributed by atoms with Gasteiger partial charge >= 0.3 is 6.09 Å². The van der Waals surface area contributed by atoms with Crippen LogP contribution in [0.25, 0.3) is 0 Å². The third-order valence-corrected chi connectivity index (χ3v) is 2.25. The molecule has 3 nitrogen and oxygen atoms in total. The molecule has 0 fully saturated rings. The zero-order valence-electron chi connectivity index (χ0n) is 9.49. The van der Waals surface area contributed by atoms with Crippen LogP contribution in [0.1, 0.15) is 18.1 Å². The lowest BCUT2D eigenvalue weighted by atomic mass is 10.1. The van der Waals surface area contributed by atoms with Crippen LogP contribution in [-0.2, 0) is 11.3 Å². The van der Waals surface area contributed by atoms with Crippen molar-refractivity contribution in [3.8, 4) is 0 Å². The van der Waals surface area contributed by atoms with E-state index < -0.39 is 0 Å². The van der Waals surface area contributed by atoms with Crippen LogP contribution in [0, 0.1) is 6.92 Å². The molecule has 0 spiro atoms. The first-order chi connectivity index (χ1) is 7.15. The second-order valence-corrected chi connectivity index (χ2v) is 3.48. The van der Waals surface area contributed by atoms with Crippen LogP contribution >= 0.6 is 0 Å². The van der Waals surface area contributed by atoms with E-state index in [9.17, 15) is 4.79 Å². The normalized spacial score (nSPS) is 9.80. The average Bonchev–Trinajstić information content (AvgIpc) is 2.21. The van der Waals surface area contributed by atoms with E-state index in [-0.39, 0.29) is 6.09 Å². The summed E-state index contributed by atoms with van der Waals surface area (Å²) in [5.41, 5.74) is 2.33. The first-order valence-electron chi connectivity index (χ1n) is 5.07. The number of carbonyl (C=O) groups is 1. The lowest BCUT2D eigenvalue weighted by Gasteiger charge is -2.17. The van der Waals surface area contributed by atoms with Gasteiger partial charge in [0.05, 0.1) is 6.61 Å². The second-order valence-electron chi connectivity index (χ2n) is 3.48. The number of ether oxygens (including phenoxy) is 1. The van der Waals surface area contributed by atoms with Crippen LogP contribution in [0.15, 0.2) is 24.3 Å². The Kier molecular flexibility index (Phi) is 4.16. The van der Waals surface area contributed by atoms with Gasteiger partial charge in [0.15, 0.2) is 0 Å². The lowest BCUT2D eigenvalue weighted by molar-refractivity contribution is 0.114. The molecule has 0 atom stereocenters. The average molecular weight is 207 g/mol. The molecule has 1 aromatic rings. The lowest BCUT2D eigenvalue weighted by Crippen LogP contribution is -2.27. The number of hydrogen-bond acceptors (Lipinski definition) is 2. The standard InChI is InChI=1S/C12H17NO2/c1-4-15-12(14)13(3)9-11-8-6-5-7-10(11)2/h5-8H,4,9H2,1-3H3. The summed E-state index contributed by atoms with van der Waals surface area (Å²) in [6, 6.07) is 8.02. The van der Waals surface area contributed by atoms with Crippen molar-refractivity contribution in [1.29, 1.82) is 0 Å². The summed E-state index contributed by atoms with van der Waals surface area (Å²) in [6.45, 7) is 4.84. The molecule has 1 aromatic carbocycles. The van der Waals surface area contributed by atoms with Gasteiger partial charge in [-0.1, -0.05) is 24.3 Å². The van der Waals surface area contributed by atoms with E-state index in [0.29, 0.717) is 13.2 Å². The van der Waals surface area contributed by atoms with Crippen molar-refractivity contribution < 1.29 is 9.53 Å². The van der Waals surface area contributed by atoms with Crippen LogP contribution < -0.4 is 0 Å². The third kappa shape index (κ3) is 3.27. The number of rotatable bonds is 3. The van der Waals surface area contributed by atoms with Crippen LogP contribution in [0.3, 0.4) is 0 Å². The first-order valence-corrected chi connectivity index (χ1v) is 5.07. The van der Waals surface area contributed by atoms with Gasteiger partial charge in [0.2, 0.25) is 0 Å². The Hall–Kier alpha value is -1.51. The molecule has 0 heterocycles. The predicted octanol–water partition coefficient (Wildman–Crippen LogP) is 2.58. The molecule has 82 valence electrons. The van der Waals surface area contributed by atoms with Crippen molar-refractivity contribution in [2.24, 2.45) is 0 Å². The van der Waals surface area contributed by atoms with Crippen molar-refractivity contribution in [2.45, 2.75) is 20.4 Å². The maximum atomic E-state index is 11.4. The highest BCUT2D eigenvalue weighted by Crippen LogP contribution is 2.09. The van der Waals surface area contributed by atoms with Crippen molar-refractivity contribution >= 4 is 6.09 Å². The van der Waals surface area contributed by atoms with Crippen LogP contribution in [0.5, 0.6) is 0 Å². The number of aryl methyl sites for hydroxylation is 1. The Bertz CT molecular complexity index is 336. The molecular weight excluding hydrogens is 190 g/mol. The maximum Gasteiger partial charge on any atom is 0.409 e. The van der Waals surface area contributed by atoms with E-state index in [1.54, 1.807) is 18.9 Å². The van der Waals surface area contributed by atoms with Gasteiger partial charge in [-0.05, 0) is 25.0 Å². The van der Waals surface area contributed by atoms with Gasteiger partial charge in [-0.25, -0.2) is 4.79 Å². The second kappa shape index (κ2) is 5.39. The Morgan fingerprint density at radius 3 is 2.67 bits per heavy atom. The minimum atomic E-state index is -0.277. The molecule has 0 radical (unpaired) electrons. The van der Waals surface area contributed by atoms with E-state index in [1.807, 2.05) is 31.2 Å². The Morgan fingerprint density at radius 1 is 1.40 bits per heavy atom. The molecule has 0 aliphatic rings. The molecular formula is C12H17NO2. The van der Waals surface area contributed by atoms with Crippen LogP contribution in [0.4, 0.5) is 4.79 Å². The minimum absolute atomic E-state index is 0.277. The number of hydrogen-bond donors (Lipinski definition) is 0. The quantitative estimate of drug-likeness (QED) is 0.762. The van der Waals surface area contributed by atoms with Gasteiger partial charge in [-0.2, -0.15) is 0 Å². The van der Waals surface area contributed by atoms with E-state index in [4.69, 9.17) is 4.74 Å². The summed E-state index contributed by atoms with van der Waals surface area (Å²) in [7, 11) is 1.74. The third-order valence-electron chi connectivity index (χ3n) is 2.25. The zero-order valence-corrected chi connectivity index (χ0v) is 9.49. The van der Waals surface area contributed by atoms with Crippen molar-refractivity contribution in [3.63, 3.8) is 0 Å². The summed E-state index contributed by atoms with van der Waals surface area (Å²) in [5.74, 6) is 0. The Morgan fingerprint density at radius 2 is 2.07 bits per heavy atom.